The Labute approximate surface area is 101 Å². The number of Topliss-reactive ketones (excluding diaryl/α,β-unsaturated/α-hetero) is 1. The molecule has 1 heterocycles. The van der Waals surface area contributed by atoms with E-state index in [0.29, 0.717) is 12.1 Å². The Kier molecular flexibility index (Phi) is 2.88. The fourth-order valence-corrected chi connectivity index (χ4v) is 2.15. The van der Waals surface area contributed by atoms with Gasteiger partial charge in [0.2, 0.25) is 5.91 Å². The molecule has 0 spiro atoms. The lowest BCUT2D eigenvalue weighted by molar-refractivity contribution is -0.129. The number of hydrogen-bond acceptors (Lipinski definition) is 3. The molecule has 2 rings (SSSR count). The lowest BCUT2D eigenvalue weighted by atomic mass is 10.1. The summed E-state index contributed by atoms with van der Waals surface area (Å²) in [6.07, 6.45) is 0. The van der Waals surface area contributed by atoms with Crippen LogP contribution >= 0.6 is 0 Å². The zero-order chi connectivity index (χ0) is 12.6. The number of rotatable bonds is 2. The fourth-order valence-electron chi connectivity index (χ4n) is 2.15. The van der Waals surface area contributed by atoms with Crippen LogP contribution in [0.4, 0.5) is 5.69 Å². The molecule has 4 nitrogen and oxygen atoms in total. The van der Waals surface area contributed by atoms with Crippen LogP contribution in [0.2, 0.25) is 0 Å². The van der Waals surface area contributed by atoms with Gasteiger partial charge in [-0.25, -0.2) is 0 Å². The van der Waals surface area contributed by atoms with E-state index in [4.69, 9.17) is 0 Å². The van der Waals surface area contributed by atoms with Crippen molar-refractivity contribution < 1.29 is 9.59 Å². The van der Waals surface area contributed by atoms with E-state index in [0.717, 1.165) is 5.69 Å². The summed E-state index contributed by atoms with van der Waals surface area (Å²) in [6.45, 7) is 4.06. The quantitative estimate of drug-likeness (QED) is 0.729. The third-order valence-electron chi connectivity index (χ3n) is 3.11. The topological polar surface area (TPSA) is 40.6 Å². The maximum absolute atomic E-state index is 11.8. The van der Waals surface area contributed by atoms with Gasteiger partial charge >= 0.3 is 0 Å². The van der Waals surface area contributed by atoms with E-state index in [1.807, 2.05) is 30.1 Å². The number of nitrogens with zero attached hydrogens (tertiary/aromatic N) is 2. The summed E-state index contributed by atoms with van der Waals surface area (Å²) in [4.78, 5) is 23.3. The summed E-state index contributed by atoms with van der Waals surface area (Å²) in [6, 6.07) is 7.38. The summed E-state index contributed by atoms with van der Waals surface area (Å²) in [5, 5.41) is 3.45. The number of benzene rings is 1. The first kappa shape index (κ1) is 11.6. The van der Waals surface area contributed by atoms with Crippen molar-refractivity contribution in [2.24, 2.45) is 5.92 Å². The Balaban J connectivity index is 2.42. The number of hydrazine groups is 1. The van der Waals surface area contributed by atoms with Crippen molar-refractivity contribution in [1.82, 2.24) is 5.01 Å². The third-order valence-corrected chi connectivity index (χ3v) is 3.11. The molecule has 0 N–H and O–H groups in total. The molecule has 0 saturated carbocycles. The van der Waals surface area contributed by atoms with Gasteiger partial charge < -0.3 is 0 Å². The van der Waals surface area contributed by atoms with Crippen molar-refractivity contribution in [3.8, 4) is 0 Å². The van der Waals surface area contributed by atoms with Crippen LogP contribution < -0.4 is 5.01 Å². The van der Waals surface area contributed by atoms with Crippen LogP contribution in [0.25, 0.3) is 0 Å². The Morgan fingerprint density at radius 1 is 1.35 bits per heavy atom. The minimum Gasteiger partial charge on any atom is -0.294 e. The Morgan fingerprint density at radius 3 is 2.53 bits per heavy atom. The first-order chi connectivity index (χ1) is 8.02. The van der Waals surface area contributed by atoms with Gasteiger partial charge in [0.15, 0.2) is 5.78 Å². The minimum absolute atomic E-state index is 0.0148. The molecule has 0 aromatic heterocycles. The molecule has 1 fully saturated rings. The smallest absolute Gasteiger partial charge is 0.245 e. The summed E-state index contributed by atoms with van der Waals surface area (Å²) in [5.74, 6) is 0.0735. The number of ketones is 1. The van der Waals surface area contributed by atoms with Crippen molar-refractivity contribution in [2.75, 3.05) is 18.6 Å². The average molecular weight is 232 g/mol. The zero-order valence-electron chi connectivity index (χ0n) is 10.3. The molecule has 90 valence electrons. The van der Waals surface area contributed by atoms with Gasteiger partial charge in [-0.2, -0.15) is 0 Å². The van der Waals surface area contributed by atoms with Crippen molar-refractivity contribution in [3.63, 3.8) is 0 Å². The van der Waals surface area contributed by atoms with Gasteiger partial charge in [0, 0.05) is 12.6 Å². The van der Waals surface area contributed by atoms with E-state index in [9.17, 15) is 9.59 Å². The number of para-hydroxylation sites is 1. The van der Waals surface area contributed by atoms with Gasteiger partial charge in [-0.3, -0.25) is 19.6 Å². The normalized spacial score (nSPS) is 19.9. The molecule has 0 radical (unpaired) electrons. The largest absolute Gasteiger partial charge is 0.294 e. The summed E-state index contributed by atoms with van der Waals surface area (Å²) < 4.78 is 0. The molecule has 1 aliphatic heterocycles. The summed E-state index contributed by atoms with van der Waals surface area (Å²) in [7, 11) is 1.74. The number of hydrogen-bond donors (Lipinski definition) is 0. The third kappa shape index (κ3) is 1.90. The highest BCUT2D eigenvalue weighted by molar-refractivity contribution is 6.00. The second-order valence-electron chi connectivity index (χ2n) is 4.42. The predicted octanol–water partition coefficient (Wildman–Crippen LogP) is 1.72. The second kappa shape index (κ2) is 4.20. The maximum atomic E-state index is 11.8. The Bertz CT molecular complexity index is 470. The van der Waals surface area contributed by atoms with Crippen LogP contribution in [0.1, 0.15) is 24.2 Å². The highest BCUT2D eigenvalue weighted by Gasteiger charge is 2.33. The van der Waals surface area contributed by atoms with Gasteiger partial charge in [0.25, 0.3) is 0 Å². The average Bonchev–Trinajstić information content (AvgIpc) is 2.57. The molecule has 1 aromatic rings. The van der Waals surface area contributed by atoms with E-state index in [1.54, 1.807) is 25.0 Å². The predicted molar refractivity (Wildman–Crippen MR) is 65.7 cm³/mol. The minimum atomic E-state index is -0.0278. The summed E-state index contributed by atoms with van der Waals surface area (Å²) >= 11 is 0. The fraction of sp³-hybridized carbons (Fsp3) is 0.385. The van der Waals surface area contributed by atoms with E-state index in [2.05, 4.69) is 0 Å². The molecule has 1 atom stereocenters. The van der Waals surface area contributed by atoms with Crippen molar-refractivity contribution >= 4 is 17.4 Å². The molecule has 1 saturated heterocycles. The van der Waals surface area contributed by atoms with Crippen molar-refractivity contribution in [1.29, 1.82) is 0 Å². The van der Waals surface area contributed by atoms with E-state index in [1.165, 1.54) is 0 Å². The summed E-state index contributed by atoms with van der Waals surface area (Å²) in [5.41, 5.74) is 1.46. The number of carbonyl (C=O) groups excluding carboxylic acids is 2. The van der Waals surface area contributed by atoms with Crippen LogP contribution in [0.5, 0.6) is 0 Å². The van der Waals surface area contributed by atoms with Gasteiger partial charge in [-0.1, -0.05) is 19.1 Å². The monoisotopic (exact) mass is 232 g/mol. The molecule has 1 aromatic carbocycles. The van der Waals surface area contributed by atoms with E-state index in [-0.39, 0.29) is 17.6 Å². The van der Waals surface area contributed by atoms with Crippen LogP contribution in [-0.2, 0) is 4.79 Å². The Morgan fingerprint density at radius 2 is 2.00 bits per heavy atom. The highest BCUT2D eigenvalue weighted by atomic mass is 16.2. The molecular weight excluding hydrogens is 216 g/mol. The number of carbonyl (C=O) groups is 2. The second-order valence-corrected chi connectivity index (χ2v) is 4.42. The molecule has 0 aliphatic carbocycles. The molecule has 1 amide bonds. The molecule has 0 bridgehead atoms. The van der Waals surface area contributed by atoms with Crippen LogP contribution in [0.15, 0.2) is 24.3 Å². The van der Waals surface area contributed by atoms with Gasteiger partial charge in [-0.15, -0.1) is 0 Å². The van der Waals surface area contributed by atoms with Gasteiger partial charge in [0.1, 0.15) is 0 Å². The standard InChI is InChI=1S/C13H16N2O2/c1-9-8-15(14(3)13(9)17)12-7-5-4-6-11(12)10(2)16/h4-7,9H,8H2,1-3H3. The Hall–Kier alpha value is -1.84. The van der Waals surface area contributed by atoms with Crippen molar-refractivity contribution in [3.05, 3.63) is 29.8 Å². The van der Waals surface area contributed by atoms with Crippen LogP contribution in [0.3, 0.4) is 0 Å². The maximum Gasteiger partial charge on any atom is 0.245 e. The van der Waals surface area contributed by atoms with Gasteiger partial charge in [-0.05, 0) is 19.1 Å². The van der Waals surface area contributed by atoms with Crippen LogP contribution in [-0.4, -0.2) is 30.3 Å². The van der Waals surface area contributed by atoms with Crippen LogP contribution in [0, 0.1) is 5.92 Å². The lowest BCUT2D eigenvalue weighted by Crippen LogP contribution is -2.36. The molecular formula is C13H16N2O2. The lowest BCUT2D eigenvalue weighted by Gasteiger charge is -2.27. The number of amides is 1. The first-order valence-corrected chi connectivity index (χ1v) is 5.67. The van der Waals surface area contributed by atoms with E-state index < -0.39 is 0 Å². The highest BCUT2D eigenvalue weighted by Crippen LogP contribution is 2.27. The molecule has 1 aliphatic rings. The van der Waals surface area contributed by atoms with Gasteiger partial charge in [0.05, 0.1) is 18.2 Å². The zero-order valence-corrected chi connectivity index (χ0v) is 10.3. The molecule has 1 unspecified atom stereocenters. The molecule has 17 heavy (non-hydrogen) atoms. The number of anilines is 1. The van der Waals surface area contributed by atoms with Crippen molar-refractivity contribution in [2.45, 2.75) is 13.8 Å². The molecule has 4 heteroatoms. The van der Waals surface area contributed by atoms with E-state index >= 15 is 0 Å². The SMILES string of the molecule is CC(=O)c1ccccc1N1CC(C)C(=O)N1C. The first-order valence-electron chi connectivity index (χ1n) is 5.67.